The van der Waals surface area contributed by atoms with E-state index in [0.717, 1.165) is 19.3 Å². The molecule has 0 aromatic rings. The van der Waals surface area contributed by atoms with Gasteiger partial charge in [0.2, 0.25) is 10.0 Å². The highest BCUT2D eigenvalue weighted by Gasteiger charge is 2.31. The number of rotatable bonds is 5. The number of nitrogens with zero attached hydrogens (tertiary/aromatic N) is 1. The molecule has 0 spiro atoms. The Bertz CT molecular complexity index is 298. The molecule has 0 radical (unpaired) electrons. The van der Waals surface area contributed by atoms with Crippen molar-refractivity contribution < 1.29 is 13.5 Å². The van der Waals surface area contributed by atoms with E-state index in [1.807, 2.05) is 13.8 Å². The quantitative estimate of drug-likeness (QED) is 0.796. The minimum absolute atomic E-state index is 0.0162. The summed E-state index contributed by atoms with van der Waals surface area (Å²) < 4.78 is 25.9. The lowest BCUT2D eigenvalue weighted by molar-refractivity contribution is 0.192. The second-order valence-corrected chi connectivity index (χ2v) is 6.91. The first-order valence-electron chi connectivity index (χ1n) is 6.07. The number of sulfonamides is 1. The van der Waals surface area contributed by atoms with Crippen molar-refractivity contribution in [1.29, 1.82) is 0 Å². The smallest absolute Gasteiger partial charge is 0.214 e. The van der Waals surface area contributed by atoms with Gasteiger partial charge in [0.1, 0.15) is 0 Å². The van der Waals surface area contributed by atoms with E-state index in [1.165, 1.54) is 0 Å². The number of hydrogen-bond acceptors (Lipinski definition) is 3. The molecule has 16 heavy (non-hydrogen) atoms. The molecule has 1 N–H and O–H groups in total. The Hall–Kier alpha value is -0.130. The van der Waals surface area contributed by atoms with Crippen LogP contribution in [0.15, 0.2) is 0 Å². The minimum atomic E-state index is -3.13. The average Bonchev–Trinajstić information content (AvgIpc) is 2.17. The normalized spacial score (nSPS) is 23.9. The molecule has 0 aliphatic carbocycles. The van der Waals surface area contributed by atoms with Crippen LogP contribution in [0.3, 0.4) is 0 Å². The number of piperidine rings is 1. The molecule has 1 saturated heterocycles. The van der Waals surface area contributed by atoms with Gasteiger partial charge in [-0.05, 0) is 25.2 Å². The monoisotopic (exact) mass is 249 g/mol. The molecule has 1 aliphatic rings. The molecule has 1 heterocycles. The molecule has 0 aromatic carbocycles. The first-order valence-corrected chi connectivity index (χ1v) is 7.68. The lowest BCUT2D eigenvalue weighted by atomic mass is 10.0. The summed E-state index contributed by atoms with van der Waals surface area (Å²) in [7, 11) is -3.13. The first-order chi connectivity index (χ1) is 7.47. The van der Waals surface area contributed by atoms with Gasteiger partial charge in [-0.3, -0.25) is 0 Å². The van der Waals surface area contributed by atoms with Gasteiger partial charge < -0.3 is 5.11 Å². The van der Waals surface area contributed by atoms with E-state index in [2.05, 4.69) is 0 Å². The van der Waals surface area contributed by atoms with Crippen LogP contribution in [0.1, 0.15) is 39.5 Å². The van der Waals surface area contributed by atoms with E-state index < -0.39 is 10.0 Å². The Labute approximate surface area is 98.7 Å². The first kappa shape index (κ1) is 13.9. The zero-order valence-corrected chi connectivity index (χ0v) is 11.0. The van der Waals surface area contributed by atoms with Crippen LogP contribution in [0.5, 0.6) is 0 Å². The van der Waals surface area contributed by atoms with Crippen LogP contribution in [-0.4, -0.2) is 42.8 Å². The van der Waals surface area contributed by atoms with Gasteiger partial charge in [0.15, 0.2) is 0 Å². The van der Waals surface area contributed by atoms with Gasteiger partial charge in [0.25, 0.3) is 0 Å². The Morgan fingerprint density at radius 2 is 2.06 bits per heavy atom. The Morgan fingerprint density at radius 3 is 2.62 bits per heavy atom. The third-order valence-electron chi connectivity index (χ3n) is 2.94. The van der Waals surface area contributed by atoms with E-state index >= 15 is 0 Å². The highest BCUT2D eigenvalue weighted by molar-refractivity contribution is 7.89. The Balaban J connectivity index is 2.73. The van der Waals surface area contributed by atoms with Crippen molar-refractivity contribution in [2.45, 2.75) is 45.6 Å². The predicted octanol–water partition coefficient (Wildman–Crippen LogP) is 1.21. The minimum Gasteiger partial charge on any atom is -0.396 e. The van der Waals surface area contributed by atoms with Crippen LogP contribution in [-0.2, 0) is 10.0 Å². The molecule has 0 saturated carbocycles. The largest absolute Gasteiger partial charge is 0.396 e. The molecule has 0 bridgehead atoms. The zero-order valence-electron chi connectivity index (χ0n) is 10.2. The highest BCUT2D eigenvalue weighted by Crippen LogP contribution is 2.23. The molecule has 4 nitrogen and oxygen atoms in total. The summed E-state index contributed by atoms with van der Waals surface area (Å²) in [5.41, 5.74) is 0. The molecule has 5 heteroatoms. The van der Waals surface area contributed by atoms with Gasteiger partial charge in [0, 0.05) is 19.2 Å². The van der Waals surface area contributed by atoms with Crippen molar-refractivity contribution in [2.75, 3.05) is 18.9 Å². The van der Waals surface area contributed by atoms with Crippen molar-refractivity contribution in [3.05, 3.63) is 0 Å². The lowest BCUT2D eigenvalue weighted by Crippen LogP contribution is -2.45. The van der Waals surface area contributed by atoms with Gasteiger partial charge in [-0.15, -0.1) is 0 Å². The van der Waals surface area contributed by atoms with Gasteiger partial charge in [-0.25, -0.2) is 8.42 Å². The standard InChI is InChI=1S/C11H23NO3S/c1-10(2)9-16(14,15)12-7-4-3-5-11(12)6-8-13/h10-11,13H,3-9H2,1-2H3. The van der Waals surface area contributed by atoms with Gasteiger partial charge in [-0.2, -0.15) is 4.31 Å². The number of aliphatic hydroxyl groups is 1. The van der Waals surface area contributed by atoms with Gasteiger partial charge in [-0.1, -0.05) is 20.3 Å². The van der Waals surface area contributed by atoms with Crippen LogP contribution in [0.2, 0.25) is 0 Å². The summed E-state index contributed by atoms with van der Waals surface area (Å²) in [6.45, 7) is 4.53. The second-order valence-electron chi connectivity index (χ2n) is 4.95. The Morgan fingerprint density at radius 1 is 1.38 bits per heavy atom. The van der Waals surface area contributed by atoms with E-state index in [-0.39, 0.29) is 24.3 Å². The Kier molecular flexibility index (Phi) is 5.21. The molecule has 1 aliphatic heterocycles. The fourth-order valence-electron chi connectivity index (χ4n) is 2.29. The molecule has 0 aromatic heterocycles. The SMILES string of the molecule is CC(C)CS(=O)(=O)N1CCCCC1CCO. The summed E-state index contributed by atoms with van der Waals surface area (Å²) in [4.78, 5) is 0. The van der Waals surface area contributed by atoms with Gasteiger partial charge >= 0.3 is 0 Å². The molecule has 96 valence electrons. The maximum atomic E-state index is 12.1. The fourth-order valence-corrected chi connectivity index (χ4v) is 4.40. The van der Waals surface area contributed by atoms with E-state index in [4.69, 9.17) is 5.11 Å². The van der Waals surface area contributed by atoms with Crippen LogP contribution in [0.25, 0.3) is 0 Å². The number of aliphatic hydroxyl groups excluding tert-OH is 1. The number of hydrogen-bond donors (Lipinski definition) is 1. The summed E-state index contributed by atoms with van der Waals surface area (Å²) in [6, 6.07) is 0.0162. The summed E-state index contributed by atoms with van der Waals surface area (Å²) in [6.07, 6.45) is 3.47. The van der Waals surface area contributed by atoms with E-state index in [0.29, 0.717) is 13.0 Å². The molecule has 1 atom stereocenters. The molecule has 1 fully saturated rings. The highest BCUT2D eigenvalue weighted by atomic mass is 32.2. The van der Waals surface area contributed by atoms with Crippen molar-refractivity contribution in [3.63, 3.8) is 0 Å². The maximum absolute atomic E-state index is 12.1. The van der Waals surface area contributed by atoms with Gasteiger partial charge in [0.05, 0.1) is 5.75 Å². The molecular weight excluding hydrogens is 226 g/mol. The zero-order chi connectivity index (χ0) is 12.2. The summed E-state index contributed by atoms with van der Waals surface area (Å²) in [5.74, 6) is 0.372. The average molecular weight is 249 g/mol. The van der Waals surface area contributed by atoms with Crippen LogP contribution < -0.4 is 0 Å². The summed E-state index contributed by atoms with van der Waals surface area (Å²) in [5, 5.41) is 8.96. The van der Waals surface area contributed by atoms with Crippen LogP contribution in [0, 0.1) is 5.92 Å². The van der Waals surface area contributed by atoms with Crippen LogP contribution >= 0.6 is 0 Å². The lowest BCUT2D eigenvalue weighted by Gasteiger charge is -2.34. The topological polar surface area (TPSA) is 57.6 Å². The maximum Gasteiger partial charge on any atom is 0.214 e. The fraction of sp³-hybridized carbons (Fsp3) is 1.00. The van der Waals surface area contributed by atoms with Crippen molar-refractivity contribution in [1.82, 2.24) is 4.31 Å². The summed E-state index contributed by atoms with van der Waals surface area (Å²) >= 11 is 0. The predicted molar refractivity (Wildman–Crippen MR) is 64.7 cm³/mol. The molecule has 0 amide bonds. The molecule has 1 unspecified atom stereocenters. The van der Waals surface area contributed by atoms with Crippen LogP contribution in [0.4, 0.5) is 0 Å². The second kappa shape index (κ2) is 5.98. The van der Waals surface area contributed by atoms with E-state index in [1.54, 1.807) is 4.31 Å². The van der Waals surface area contributed by atoms with E-state index in [9.17, 15) is 8.42 Å². The third kappa shape index (κ3) is 3.71. The molecule has 1 rings (SSSR count). The van der Waals surface area contributed by atoms with Crippen molar-refractivity contribution in [2.24, 2.45) is 5.92 Å². The molecular formula is C11H23NO3S. The van der Waals surface area contributed by atoms with Crippen molar-refractivity contribution >= 4 is 10.0 Å². The third-order valence-corrected chi connectivity index (χ3v) is 5.22. The van der Waals surface area contributed by atoms with Crippen molar-refractivity contribution in [3.8, 4) is 0 Å².